The number of morpholine rings is 1. The second-order valence-corrected chi connectivity index (χ2v) is 6.05. The topological polar surface area (TPSA) is 55.3 Å². The van der Waals surface area contributed by atoms with Crippen LogP contribution in [0.25, 0.3) is 0 Å². The molecule has 0 N–H and O–H groups in total. The summed E-state index contributed by atoms with van der Waals surface area (Å²) in [5, 5.41) is 4.42. The Morgan fingerprint density at radius 2 is 2.53 bits per heavy atom. The van der Waals surface area contributed by atoms with Gasteiger partial charge in [0.15, 0.2) is 0 Å². The fraction of sp³-hybridized carbons (Fsp3) is 0.700. The standard InChI is InChI=1S/C10H14BrN3O2S/c1-10(2)6-14(5-7(3-11)16-10)9(15)8-4-12-13-17-8/h4,7H,3,5-6H2,1-2H3. The highest BCUT2D eigenvalue weighted by atomic mass is 79.9. The Hall–Kier alpha value is -0.530. The fourth-order valence-corrected chi connectivity index (χ4v) is 2.77. The zero-order valence-corrected chi connectivity index (χ0v) is 12.1. The molecule has 0 spiro atoms. The normalized spacial score (nSPS) is 23.7. The Morgan fingerprint density at radius 1 is 1.76 bits per heavy atom. The van der Waals surface area contributed by atoms with E-state index in [1.165, 1.54) is 6.20 Å². The van der Waals surface area contributed by atoms with E-state index in [1.54, 1.807) is 0 Å². The molecule has 0 radical (unpaired) electrons. The van der Waals surface area contributed by atoms with Gasteiger partial charge in [-0.3, -0.25) is 4.79 Å². The first-order valence-electron chi connectivity index (χ1n) is 5.32. The molecule has 5 nitrogen and oxygen atoms in total. The van der Waals surface area contributed by atoms with Crippen molar-refractivity contribution in [3.05, 3.63) is 11.1 Å². The van der Waals surface area contributed by atoms with E-state index in [4.69, 9.17) is 4.74 Å². The molecule has 0 saturated carbocycles. The minimum Gasteiger partial charge on any atom is -0.368 e. The second-order valence-electron chi connectivity index (χ2n) is 4.62. The number of aromatic nitrogens is 2. The first-order chi connectivity index (χ1) is 8.02. The van der Waals surface area contributed by atoms with Crippen LogP contribution in [0.4, 0.5) is 0 Å². The lowest BCUT2D eigenvalue weighted by atomic mass is 10.1. The summed E-state index contributed by atoms with van der Waals surface area (Å²) in [4.78, 5) is 14.6. The lowest BCUT2D eigenvalue weighted by Gasteiger charge is -2.42. The van der Waals surface area contributed by atoms with Crippen LogP contribution < -0.4 is 0 Å². The third-order valence-corrected chi connectivity index (χ3v) is 3.89. The molecule has 94 valence electrons. The molecular formula is C10H14BrN3O2S. The summed E-state index contributed by atoms with van der Waals surface area (Å²) >= 11 is 4.53. The van der Waals surface area contributed by atoms with Crippen molar-refractivity contribution in [2.75, 3.05) is 18.4 Å². The highest BCUT2D eigenvalue weighted by molar-refractivity contribution is 9.09. The average molecular weight is 320 g/mol. The molecule has 1 aliphatic rings. The maximum Gasteiger partial charge on any atom is 0.267 e. The zero-order valence-electron chi connectivity index (χ0n) is 9.72. The predicted molar refractivity (Wildman–Crippen MR) is 68.6 cm³/mol. The minimum atomic E-state index is -0.315. The molecule has 1 unspecified atom stereocenters. The van der Waals surface area contributed by atoms with Crippen LogP contribution in [0.5, 0.6) is 0 Å². The molecule has 1 saturated heterocycles. The van der Waals surface area contributed by atoms with E-state index in [2.05, 4.69) is 25.5 Å². The van der Waals surface area contributed by atoms with Gasteiger partial charge < -0.3 is 9.64 Å². The molecule has 1 fully saturated rings. The largest absolute Gasteiger partial charge is 0.368 e. The molecule has 1 atom stereocenters. The van der Waals surface area contributed by atoms with Gasteiger partial charge in [-0.1, -0.05) is 20.4 Å². The molecule has 1 amide bonds. The number of halogens is 1. The Morgan fingerprint density at radius 3 is 3.12 bits per heavy atom. The summed E-state index contributed by atoms with van der Waals surface area (Å²) in [6.07, 6.45) is 1.54. The van der Waals surface area contributed by atoms with Crippen molar-refractivity contribution >= 4 is 33.4 Å². The van der Waals surface area contributed by atoms with Crippen molar-refractivity contribution in [3.63, 3.8) is 0 Å². The summed E-state index contributed by atoms with van der Waals surface area (Å²) < 4.78 is 9.57. The first kappa shape index (κ1) is 12.9. The number of hydrogen-bond acceptors (Lipinski definition) is 5. The lowest BCUT2D eigenvalue weighted by molar-refractivity contribution is -0.116. The van der Waals surface area contributed by atoms with Crippen molar-refractivity contribution in [1.82, 2.24) is 14.5 Å². The van der Waals surface area contributed by atoms with E-state index in [0.29, 0.717) is 18.0 Å². The molecule has 2 heterocycles. The van der Waals surface area contributed by atoms with Crippen molar-refractivity contribution in [2.24, 2.45) is 0 Å². The Bertz CT molecular complexity index is 396. The molecule has 7 heteroatoms. The van der Waals surface area contributed by atoms with Gasteiger partial charge in [0.1, 0.15) is 4.88 Å². The van der Waals surface area contributed by atoms with Crippen molar-refractivity contribution in [2.45, 2.75) is 25.6 Å². The number of nitrogens with zero attached hydrogens (tertiary/aromatic N) is 3. The van der Waals surface area contributed by atoms with Crippen molar-refractivity contribution < 1.29 is 9.53 Å². The molecule has 0 bridgehead atoms. The van der Waals surface area contributed by atoms with E-state index < -0.39 is 0 Å². The SMILES string of the molecule is CC1(C)CN(C(=O)c2cnns2)CC(CBr)O1. The van der Waals surface area contributed by atoms with Crippen LogP contribution in [0.15, 0.2) is 6.20 Å². The van der Waals surface area contributed by atoms with Crippen molar-refractivity contribution in [1.29, 1.82) is 0 Å². The third kappa shape index (κ3) is 3.02. The zero-order chi connectivity index (χ0) is 12.5. The van der Waals surface area contributed by atoms with Gasteiger partial charge in [0.25, 0.3) is 5.91 Å². The number of ether oxygens (including phenoxy) is 1. The molecule has 0 aromatic carbocycles. The van der Waals surface area contributed by atoms with Gasteiger partial charge in [0.05, 0.1) is 17.9 Å². The first-order valence-corrected chi connectivity index (χ1v) is 7.22. The van der Waals surface area contributed by atoms with Gasteiger partial charge in [0.2, 0.25) is 0 Å². The molecule has 17 heavy (non-hydrogen) atoms. The number of carbonyl (C=O) groups is 1. The molecule has 1 aromatic heterocycles. The van der Waals surface area contributed by atoms with Gasteiger partial charge >= 0.3 is 0 Å². The van der Waals surface area contributed by atoms with Crippen LogP contribution in [0.2, 0.25) is 0 Å². The van der Waals surface area contributed by atoms with Crippen LogP contribution >= 0.6 is 27.5 Å². The van der Waals surface area contributed by atoms with E-state index in [0.717, 1.165) is 16.9 Å². The van der Waals surface area contributed by atoms with Crippen LogP contribution in [-0.4, -0.2) is 50.5 Å². The number of rotatable bonds is 2. The number of carbonyl (C=O) groups excluding carboxylic acids is 1. The highest BCUT2D eigenvalue weighted by Gasteiger charge is 2.35. The highest BCUT2D eigenvalue weighted by Crippen LogP contribution is 2.23. The molecule has 1 aliphatic heterocycles. The van der Waals surface area contributed by atoms with Crippen molar-refractivity contribution in [3.8, 4) is 0 Å². The number of amides is 1. The van der Waals surface area contributed by atoms with E-state index >= 15 is 0 Å². The Balaban J connectivity index is 2.12. The lowest BCUT2D eigenvalue weighted by Crippen LogP contribution is -2.55. The van der Waals surface area contributed by atoms with Crippen LogP contribution in [0, 0.1) is 0 Å². The van der Waals surface area contributed by atoms with Gasteiger partial charge in [0, 0.05) is 18.4 Å². The molecule has 1 aromatic rings. The Kier molecular flexibility index (Phi) is 3.79. The number of alkyl halides is 1. The quantitative estimate of drug-likeness (QED) is 0.776. The van der Waals surface area contributed by atoms with E-state index in [1.807, 2.05) is 18.7 Å². The summed E-state index contributed by atoms with van der Waals surface area (Å²) in [7, 11) is 0. The summed E-state index contributed by atoms with van der Waals surface area (Å²) in [6, 6.07) is 0. The van der Waals surface area contributed by atoms with E-state index in [9.17, 15) is 4.79 Å². The average Bonchev–Trinajstić information content (AvgIpc) is 2.79. The van der Waals surface area contributed by atoms with E-state index in [-0.39, 0.29) is 17.6 Å². The monoisotopic (exact) mass is 319 g/mol. The maximum absolute atomic E-state index is 12.2. The smallest absolute Gasteiger partial charge is 0.267 e. The third-order valence-electron chi connectivity index (χ3n) is 2.51. The molecular weight excluding hydrogens is 306 g/mol. The maximum atomic E-state index is 12.2. The fourth-order valence-electron chi connectivity index (χ4n) is 1.95. The Labute approximate surface area is 112 Å². The summed E-state index contributed by atoms with van der Waals surface area (Å²) in [5.41, 5.74) is -0.315. The van der Waals surface area contributed by atoms with Gasteiger partial charge in [-0.25, -0.2) is 0 Å². The number of hydrogen-bond donors (Lipinski definition) is 0. The second kappa shape index (κ2) is 4.99. The molecule has 0 aliphatic carbocycles. The minimum absolute atomic E-state index is 0.0117. The van der Waals surface area contributed by atoms with Gasteiger partial charge in [-0.15, -0.1) is 5.10 Å². The summed E-state index contributed by atoms with van der Waals surface area (Å²) in [5.74, 6) is -0.0117. The summed E-state index contributed by atoms with van der Waals surface area (Å²) in [6.45, 7) is 5.18. The molecule has 2 rings (SSSR count). The predicted octanol–water partition coefficient (Wildman–Crippen LogP) is 1.55. The van der Waals surface area contributed by atoms with Crippen LogP contribution in [0.3, 0.4) is 0 Å². The van der Waals surface area contributed by atoms with Gasteiger partial charge in [-0.05, 0) is 25.4 Å². The van der Waals surface area contributed by atoms with Crippen LogP contribution in [-0.2, 0) is 4.74 Å². The van der Waals surface area contributed by atoms with Crippen LogP contribution in [0.1, 0.15) is 23.5 Å². The van der Waals surface area contributed by atoms with Gasteiger partial charge in [-0.2, -0.15) is 0 Å².